The first-order valence-electron chi connectivity index (χ1n) is 10.2. The number of ether oxygens (including phenoxy) is 3. The summed E-state index contributed by atoms with van der Waals surface area (Å²) in [4.78, 5) is 17.1. The topological polar surface area (TPSA) is 143 Å². The molecule has 0 saturated carbocycles. The van der Waals surface area contributed by atoms with E-state index in [1.165, 1.54) is 13.3 Å². The number of urea groups is 1. The van der Waals surface area contributed by atoms with E-state index < -0.39 is 15.9 Å². The molecule has 3 N–H and O–H groups in total. The summed E-state index contributed by atoms with van der Waals surface area (Å²) in [5.74, 6) is 1.37. The molecule has 3 aromatic rings. The predicted molar refractivity (Wildman–Crippen MR) is 120 cm³/mol. The van der Waals surface area contributed by atoms with Crippen molar-refractivity contribution >= 4 is 21.6 Å². The molecule has 2 aliphatic heterocycles. The van der Waals surface area contributed by atoms with Crippen molar-refractivity contribution in [2.45, 2.75) is 30.9 Å². The van der Waals surface area contributed by atoms with Gasteiger partial charge in [0.15, 0.2) is 9.92 Å². The van der Waals surface area contributed by atoms with E-state index in [1.54, 1.807) is 23.0 Å². The number of aromatic nitrogens is 3. The van der Waals surface area contributed by atoms with Crippen LogP contribution in [0.2, 0.25) is 0 Å². The standard InChI is InChI=1S/C21H22N6O5S/c1-12-11-27-20(32-12)17(10-24-27)33(22,29)26-21(28)25-19-14(3-4-16-15(19)6-8-31-16)13-5-7-23-18(9-13)30-2/h3-5,7,9-10,12H,6,8,11H2,1-2H3,(H3,22,25,26,28,29)/t12-,33-/m0/s1. The smallest absolute Gasteiger partial charge is 0.354 e. The quantitative estimate of drug-likeness (QED) is 0.596. The summed E-state index contributed by atoms with van der Waals surface area (Å²) in [6.07, 6.45) is 3.40. The van der Waals surface area contributed by atoms with Crippen LogP contribution in [0.25, 0.3) is 11.1 Å². The fourth-order valence-corrected chi connectivity index (χ4v) is 4.92. The first kappa shape index (κ1) is 21.2. The summed E-state index contributed by atoms with van der Waals surface area (Å²) in [6.45, 7) is 2.85. The van der Waals surface area contributed by atoms with Crippen LogP contribution in [0.15, 0.2) is 45.9 Å². The molecule has 0 spiro atoms. The van der Waals surface area contributed by atoms with Crippen molar-refractivity contribution in [3.8, 4) is 28.6 Å². The number of carbonyl (C=O) groups excluding carboxylic acids is 1. The van der Waals surface area contributed by atoms with Crippen molar-refractivity contribution in [2.75, 3.05) is 19.0 Å². The van der Waals surface area contributed by atoms with Crippen molar-refractivity contribution in [1.29, 1.82) is 0 Å². The van der Waals surface area contributed by atoms with E-state index in [0.717, 1.165) is 16.7 Å². The van der Waals surface area contributed by atoms with Crippen LogP contribution in [0.3, 0.4) is 0 Å². The minimum Gasteiger partial charge on any atom is -0.493 e. The molecule has 33 heavy (non-hydrogen) atoms. The molecule has 12 heteroatoms. The molecule has 0 unspecified atom stereocenters. The number of nitrogens with one attached hydrogen (secondary N) is 1. The van der Waals surface area contributed by atoms with Gasteiger partial charge in [-0.3, -0.25) is 0 Å². The number of hydrogen-bond donors (Lipinski definition) is 2. The third kappa shape index (κ3) is 3.87. The highest BCUT2D eigenvalue weighted by atomic mass is 32.2. The number of pyridine rings is 1. The molecule has 1 aromatic carbocycles. The highest BCUT2D eigenvalue weighted by molar-refractivity contribution is 7.91. The van der Waals surface area contributed by atoms with Crippen LogP contribution in [0, 0.1) is 0 Å². The zero-order valence-electron chi connectivity index (χ0n) is 18.0. The van der Waals surface area contributed by atoms with Gasteiger partial charge in [-0.05, 0) is 30.7 Å². The van der Waals surface area contributed by atoms with Crippen molar-refractivity contribution < 1.29 is 23.2 Å². The molecule has 4 heterocycles. The summed E-state index contributed by atoms with van der Waals surface area (Å²) in [5, 5.41) is 12.9. The first-order chi connectivity index (χ1) is 15.9. The zero-order chi connectivity index (χ0) is 23.2. The zero-order valence-corrected chi connectivity index (χ0v) is 18.8. The fourth-order valence-electron chi connectivity index (χ4n) is 3.93. The number of hydrogen-bond acceptors (Lipinski definition) is 7. The van der Waals surface area contributed by atoms with Crippen molar-refractivity contribution in [3.05, 3.63) is 42.2 Å². The molecular formula is C21H22N6O5S. The van der Waals surface area contributed by atoms with Gasteiger partial charge in [0.25, 0.3) is 0 Å². The van der Waals surface area contributed by atoms with E-state index >= 15 is 0 Å². The molecule has 0 fully saturated rings. The highest BCUT2D eigenvalue weighted by Gasteiger charge is 2.29. The molecule has 2 amide bonds. The van der Waals surface area contributed by atoms with Crippen LogP contribution in [0.1, 0.15) is 12.5 Å². The first-order valence-corrected chi connectivity index (χ1v) is 11.8. The third-order valence-electron chi connectivity index (χ3n) is 5.40. The Morgan fingerprint density at radius 2 is 2.24 bits per heavy atom. The predicted octanol–water partition coefficient (Wildman–Crippen LogP) is 2.60. The fraction of sp³-hybridized carbons (Fsp3) is 0.286. The number of methoxy groups -OCH3 is 1. The van der Waals surface area contributed by atoms with E-state index in [-0.39, 0.29) is 16.9 Å². The maximum atomic E-state index is 13.2. The second-order valence-electron chi connectivity index (χ2n) is 7.66. The van der Waals surface area contributed by atoms with Crippen LogP contribution in [0.4, 0.5) is 10.5 Å². The van der Waals surface area contributed by atoms with Crippen molar-refractivity contribution in [3.63, 3.8) is 0 Å². The normalized spacial score (nSPS) is 17.8. The van der Waals surface area contributed by atoms with Gasteiger partial charge < -0.3 is 19.5 Å². The number of carbonyl (C=O) groups is 1. The van der Waals surface area contributed by atoms with E-state index in [0.29, 0.717) is 36.9 Å². The molecule has 0 radical (unpaired) electrons. The molecule has 2 aliphatic rings. The molecule has 172 valence electrons. The summed E-state index contributed by atoms with van der Waals surface area (Å²) in [5.41, 5.74) is 2.82. The van der Waals surface area contributed by atoms with Gasteiger partial charge in [0.2, 0.25) is 11.8 Å². The molecule has 2 aromatic heterocycles. The number of nitrogens with zero attached hydrogens (tertiary/aromatic N) is 4. The average molecular weight is 471 g/mol. The van der Waals surface area contributed by atoms with Crippen molar-refractivity contribution in [2.24, 2.45) is 9.50 Å². The monoisotopic (exact) mass is 470 g/mol. The Hall–Kier alpha value is -3.64. The number of amides is 2. The Bertz CT molecular complexity index is 1380. The van der Waals surface area contributed by atoms with Gasteiger partial charge in [0.05, 0.1) is 32.1 Å². The Morgan fingerprint density at radius 1 is 1.39 bits per heavy atom. The van der Waals surface area contributed by atoms with Gasteiger partial charge in [-0.2, -0.15) is 5.10 Å². The summed E-state index contributed by atoms with van der Waals surface area (Å²) >= 11 is 0. The number of fused-ring (bicyclic) bond motifs is 2. The Labute approximate surface area is 190 Å². The van der Waals surface area contributed by atoms with Crippen LogP contribution in [-0.2, 0) is 22.9 Å². The number of benzene rings is 1. The molecule has 2 atom stereocenters. The Morgan fingerprint density at radius 3 is 3.06 bits per heavy atom. The lowest BCUT2D eigenvalue weighted by molar-refractivity contribution is 0.248. The molecule has 0 bridgehead atoms. The van der Waals surface area contributed by atoms with E-state index in [4.69, 9.17) is 19.3 Å². The van der Waals surface area contributed by atoms with Crippen LogP contribution >= 0.6 is 0 Å². The van der Waals surface area contributed by atoms with Crippen LogP contribution in [0.5, 0.6) is 17.5 Å². The molecular weight excluding hydrogens is 448 g/mol. The number of rotatable bonds is 4. The largest absolute Gasteiger partial charge is 0.493 e. The lowest BCUT2D eigenvalue weighted by atomic mass is 9.99. The second-order valence-corrected chi connectivity index (χ2v) is 9.42. The van der Waals surface area contributed by atoms with E-state index in [2.05, 4.69) is 19.8 Å². The highest BCUT2D eigenvalue weighted by Crippen LogP contribution is 2.40. The number of anilines is 1. The Balaban J connectivity index is 1.52. The molecule has 11 nitrogen and oxygen atoms in total. The van der Waals surface area contributed by atoms with Crippen LogP contribution in [-0.4, -0.2) is 44.8 Å². The molecule has 5 rings (SSSR count). The van der Waals surface area contributed by atoms with Gasteiger partial charge in [0, 0.05) is 29.8 Å². The molecule has 0 aliphatic carbocycles. The molecule has 0 saturated heterocycles. The van der Waals surface area contributed by atoms with Gasteiger partial charge in [0.1, 0.15) is 16.7 Å². The van der Waals surface area contributed by atoms with Gasteiger partial charge >= 0.3 is 6.03 Å². The maximum Gasteiger partial charge on any atom is 0.354 e. The lowest BCUT2D eigenvalue weighted by Crippen LogP contribution is -2.19. The lowest BCUT2D eigenvalue weighted by Gasteiger charge is -2.14. The summed E-state index contributed by atoms with van der Waals surface area (Å²) in [6, 6.07) is 6.38. The van der Waals surface area contributed by atoms with E-state index in [1.807, 2.05) is 19.1 Å². The summed E-state index contributed by atoms with van der Waals surface area (Å²) in [7, 11) is -2.07. The Kier molecular flexibility index (Phi) is 5.17. The van der Waals surface area contributed by atoms with Gasteiger partial charge in [-0.15, -0.1) is 4.36 Å². The SMILES string of the molecule is COc1cc(-c2ccc3c(c2NC(=O)N=[S@](N)(=O)c2cnn4c2O[C@@H](C)C4)CCO3)ccn1. The van der Waals surface area contributed by atoms with E-state index in [9.17, 15) is 9.00 Å². The maximum absolute atomic E-state index is 13.2. The number of nitrogens with two attached hydrogens (primary N) is 1. The summed E-state index contributed by atoms with van der Waals surface area (Å²) < 4.78 is 35.0. The average Bonchev–Trinajstić information content (AvgIpc) is 3.49. The van der Waals surface area contributed by atoms with Crippen LogP contribution < -0.4 is 24.7 Å². The van der Waals surface area contributed by atoms with Gasteiger partial charge in [-0.25, -0.2) is 23.8 Å². The van der Waals surface area contributed by atoms with Crippen molar-refractivity contribution in [1.82, 2.24) is 14.8 Å². The minimum atomic E-state index is -3.59. The minimum absolute atomic E-state index is 0.0858. The second kappa shape index (κ2) is 8.05. The van der Waals surface area contributed by atoms with Gasteiger partial charge in [-0.1, -0.05) is 0 Å². The third-order valence-corrected chi connectivity index (χ3v) is 6.75.